The Morgan fingerprint density at radius 3 is 2.70 bits per heavy atom. The Kier molecular flexibility index (Phi) is 4.22. The highest BCUT2D eigenvalue weighted by Gasteiger charge is 2.31. The minimum atomic E-state index is -4.70. The number of halogens is 4. The van der Waals surface area contributed by atoms with Gasteiger partial charge in [0.25, 0.3) is 0 Å². The summed E-state index contributed by atoms with van der Waals surface area (Å²) in [5.74, 6) is -0.275. The van der Waals surface area contributed by atoms with Gasteiger partial charge in [-0.1, -0.05) is 0 Å². The van der Waals surface area contributed by atoms with Gasteiger partial charge in [0.1, 0.15) is 5.75 Å². The van der Waals surface area contributed by atoms with Gasteiger partial charge >= 0.3 is 6.36 Å². The van der Waals surface area contributed by atoms with Crippen molar-refractivity contribution in [3.63, 3.8) is 0 Å². The van der Waals surface area contributed by atoms with Crippen molar-refractivity contribution in [2.75, 3.05) is 5.32 Å². The van der Waals surface area contributed by atoms with Gasteiger partial charge in [0.2, 0.25) is 0 Å². The molecule has 0 aliphatic carbocycles. The molecule has 1 aromatic carbocycles. The first-order chi connectivity index (χ1) is 9.35. The molecule has 2 N–H and O–H groups in total. The summed E-state index contributed by atoms with van der Waals surface area (Å²) < 4.78 is 40.5. The normalized spacial score (nSPS) is 11.4. The summed E-state index contributed by atoms with van der Waals surface area (Å²) in [5.41, 5.74) is 2.59. The molecule has 0 unspecified atom stereocenters. The predicted octanol–water partition coefficient (Wildman–Crippen LogP) is 3.99. The van der Waals surface area contributed by atoms with E-state index >= 15 is 0 Å². The topological polar surface area (TPSA) is 49.9 Å². The molecule has 2 aromatic rings. The number of benzene rings is 1. The molecule has 0 amide bonds. The second-order valence-electron chi connectivity index (χ2n) is 4.07. The Bertz CT molecular complexity index is 598. The number of aryl methyl sites for hydroxylation is 1. The molecule has 108 valence electrons. The van der Waals surface area contributed by atoms with Crippen molar-refractivity contribution >= 4 is 21.6 Å². The van der Waals surface area contributed by atoms with Crippen LogP contribution in [0.4, 0.5) is 18.9 Å². The molecule has 20 heavy (non-hydrogen) atoms. The first-order valence-electron chi connectivity index (χ1n) is 5.63. The van der Waals surface area contributed by atoms with E-state index in [1.54, 1.807) is 6.20 Å². The van der Waals surface area contributed by atoms with E-state index in [0.29, 0.717) is 12.2 Å². The van der Waals surface area contributed by atoms with Crippen LogP contribution in [0.15, 0.2) is 28.9 Å². The number of aromatic amines is 1. The van der Waals surface area contributed by atoms with Crippen molar-refractivity contribution in [1.29, 1.82) is 0 Å². The van der Waals surface area contributed by atoms with E-state index in [4.69, 9.17) is 0 Å². The maximum Gasteiger partial charge on any atom is 0.573 e. The smallest absolute Gasteiger partial charge is 0.405 e. The quantitative estimate of drug-likeness (QED) is 0.877. The fourth-order valence-electron chi connectivity index (χ4n) is 1.57. The van der Waals surface area contributed by atoms with Crippen molar-refractivity contribution in [1.82, 2.24) is 10.2 Å². The molecular weight excluding hydrogens is 339 g/mol. The SMILES string of the molecule is Cc1[nH]ncc1CNc1ccc(OC(F)(F)F)c(Br)c1. The zero-order valence-corrected chi connectivity index (χ0v) is 12.0. The maximum atomic E-state index is 12.1. The summed E-state index contributed by atoms with van der Waals surface area (Å²) in [4.78, 5) is 0. The fraction of sp³-hybridized carbons (Fsp3) is 0.250. The van der Waals surface area contributed by atoms with Crippen LogP contribution >= 0.6 is 15.9 Å². The van der Waals surface area contributed by atoms with Gasteiger partial charge in [-0.05, 0) is 41.1 Å². The highest BCUT2D eigenvalue weighted by molar-refractivity contribution is 9.10. The number of H-pyrrole nitrogens is 1. The van der Waals surface area contributed by atoms with E-state index in [1.807, 2.05) is 6.92 Å². The largest absolute Gasteiger partial charge is 0.573 e. The Morgan fingerprint density at radius 1 is 1.40 bits per heavy atom. The number of hydrogen-bond donors (Lipinski definition) is 2. The fourth-order valence-corrected chi connectivity index (χ4v) is 2.03. The molecule has 2 rings (SSSR count). The average Bonchev–Trinajstić information content (AvgIpc) is 2.74. The molecule has 0 radical (unpaired) electrons. The van der Waals surface area contributed by atoms with Crippen LogP contribution in [-0.2, 0) is 6.54 Å². The van der Waals surface area contributed by atoms with Crippen LogP contribution in [-0.4, -0.2) is 16.6 Å². The van der Waals surface area contributed by atoms with Crippen molar-refractivity contribution in [2.24, 2.45) is 0 Å². The van der Waals surface area contributed by atoms with E-state index in [-0.39, 0.29) is 10.2 Å². The summed E-state index contributed by atoms with van der Waals surface area (Å²) in [5, 5.41) is 9.79. The number of ether oxygens (including phenoxy) is 1. The minimum absolute atomic E-state index is 0.226. The summed E-state index contributed by atoms with van der Waals surface area (Å²) >= 11 is 3.05. The lowest BCUT2D eigenvalue weighted by molar-refractivity contribution is -0.274. The molecule has 0 spiro atoms. The van der Waals surface area contributed by atoms with Gasteiger partial charge in [-0.15, -0.1) is 13.2 Å². The van der Waals surface area contributed by atoms with Gasteiger partial charge in [-0.3, -0.25) is 5.10 Å². The maximum absolute atomic E-state index is 12.1. The number of aromatic nitrogens is 2. The van der Waals surface area contributed by atoms with Crippen LogP contribution in [0.1, 0.15) is 11.3 Å². The molecule has 0 fully saturated rings. The molecule has 0 atom stereocenters. The predicted molar refractivity (Wildman–Crippen MR) is 71.5 cm³/mol. The first-order valence-corrected chi connectivity index (χ1v) is 6.42. The third-order valence-electron chi connectivity index (χ3n) is 2.57. The van der Waals surface area contributed by atoms with Gasteiger partial charge in [0.05, 0.1) is 10.7 Å². The Hall–Kier alpha value is -1.70. The second-order valence-corrected chi connectivity index (χ2v) is 4.92. The lowest BCUT2D eigenvalue weighted by atomic mass is 10.2. The number of rotatable bonds is 4. The third kappa shape index (κ3) is 3.89. The van der Waals surface area contributed by atoms with Crippen molar-refractivity contribution < 1.29 is 17.9 Å². The van der Waals surface area contributed by atoms with Gasteiger partial charge in [0.15, 0.2) is 0 Å². The molecular formula is C12H11BrF3N3O. The second kappa shape index (κ2) is 5.74. The highest BCUT2D eigenvalue weighted by atomic mass is 79.9. The molecule has 8 heteroatoms. The number of hydrogen-bond acceptors (Lipinski definition) is 3. The number of anilines is 1. The van der Waals surface area contributed by atoms with Crippen LogP contribution < -0.4 is 10.1 Å². The molecule has 0 aliphatic heterocycles. The first kappa shape index (κ1) is 14.7. The van der Waals surface area contributed by atoms with E-state index < -0.39 is 6.36 Å². The number of nitrogens with one attached hydrogen (secondary N) is 2. The standard InChI is InChI=1S/C12H11BrF3N3O/c1-7-8(6-18-19-7)5-17-9-2-3-11(10(13)4-9)20-12(14,15)16/h2-4,6,17H,5H2,1H3,(H,18,19). The highest BCUT2D eigenvalue weighted by Crippen LogP contribution is 2.32. The number of nitrogens with zero attached hydrogens (tertiary/aromatic N) is 1. The van der Waals surface area contributed by atoms with Crippen molar-refractivity contribution in [3.8, 4) is 5.75 Å². The third-order valence-corrected chi connectivity index (χ3v) is 3.19. The van der Waals surface area contributed by atoms with Crippen molar-refractivity contribution in [2.45, 2.75) is 19.8 Å². The Balaban J connectivity index is 2.04. The summed E-state index contributed by atoms with van der Waals surface area (Å²) in [7, 11) is 0. The lowest BCUT2D eigenvalue weighted by Crippen LogP contribution is -2.17. The zero-order valence-electron chi connectivity index (χ0n) is 10.4. The molecule has 0 aliphatic rings. The Labute approximate surface area is 121 Å². The molecule has 0 bridgehead atoms. The monoisotopic (exact) mass is 349 g/mol. The molecule has 1 aromatic heterocycles. The minimum Gasteiger partial charge on any atom is -0.405 e. The lowest BCUT2D eigenvalue weighted by Gasteiger charge is -2.12. The van der Waals surface area contributed by atoms with Gasteiger partial charge < -0.3 is 10.1 Å². The number of alkyl halides is 3. The van der Waals surface area contributed by atoms with E-state index in [2.05, 4.69) is 36.2 Å². The van der Waals surface area contributed by atoms with Crippen molar-refractivity contribution in [3.05, 3.63) is 40.1 Å². The van der Waals surface area contributed by atoms with Crippen LogP contribution in [0.3, 0.4) is 0 Å². The van der Waals surface area contributed by atoms with E-state index in [1.165, 1.54) is 18.2 Å². The Morgan fingerprint density at radius 2 is 2.15 bits per heavy atom. The molecule has 4 nitrogen and oxygen atoms in total. The van der Waals surface area contributed by atoms with Crippen LogP contribution in [0.25, 0.3) is 0 Å². The van der Waals surface area contributed by atoms with Crippen LogP contribution in [0.5, 0.6) is 5.75 Å². The van der Waals surface area contributed by atoms with Crippen LogP contribution in [0.2, 0.25) is 0 Å². The molecule has 0 saturated heterocycles. The molecule has 1 heterocycles. The van der Waals surface area contributed by atoms with E-state index in [9.17, 15) is 13.2 Å². The van der Waals surface area contributed by atoms with Gasteiger partial charge in [-0.25, -0.2) is 0 Å². The summed E-state index contributed by atoms with van der Waals surface area (Å²) in [6.45, 7) is 2.41. The van der Waals surface area contributed by atoms with E-state index in [0.717, 1.165) is 11.3 Å². The summed E-state index contributed by atoms with van der Waals surface area (Å²) in [6.07, 6.45) is -3.01. The van der Waals surface area contributed by atoms with Crippen LogP contribution in [0, 0.1) is 6.92 Å². The van der Waals surface area contributed by atoms with Gasteiger partial charge in [-0.2, -0.15) is 5.10 Å². The zero-order chi connectivity index (χ0) is 14.8. The molecule has 0 saturated carbocycles. The van der Waals surface area contributed by atoms with Gasteiger partial charge in [0, 0.05) is 23.5 Å². The average molecular weight is 350 g/mol. The summed E-state index contributed by atoms with van der Waals surface area (Å²) in [6, 6.07) is 4.29.